The minimum atomic E-state index is -1.32. The molecule has 0 N–H and O–H groups in total. The Morgan fingerprint density at radius 1 is 0.444 bits per heavy atom. The highest BCUT2D eigenvalue weighted by molar-refractivity contribution is 8.74. The van der Waals surface area contributed by atoms with E-state index < -0.39 is 18.9 Å². The third-order valence-electron chi connectivity index (χ3n) is 5.77. The Morgan fingerprint density at radius 3 is 0.852 bits per heavy atom. The largest absolute Gasteiger partial charge is 0.176 e. The number of hydrogen-bond donors (Lipinski definition) is 0. The molecular weight excluding hydrogens is 453 g/mol. The van der Waals surface area contributed by atoms with Crippen LogP contribution in [0.25, 0.3) is 0 Å². The highest BCUT2D eigenvalue weighted by Gasteiger charge is 2.58. The standard InChI is InChI=1S/C20H48S4Si3/c1-9-13-17-21-26(7,22-18-14-10-2)25(5,6)27(8,23-19-15-11-3)24-20-16-12-4/h9-20H2,1-8H3. The Bertz CT molecular complexity index is 315. The second kappa shape index (κ2) is 15.8. The Kier molecular flexibility index (Phi) is 17.0. The minimum absolute atomic E-state index is 1.28. The lowest BCUT2D eigenvalue weighted by Crippen LogP contribution is -2.68. The van der Waals surface area contributed by atoms with Gasteiger partial charge in [-0.05, 0) is 48.7 Å². The van der Waals surface area contributed by atoms with Gasteiger partial charge in [-0.25, -0.2) is 0 Å². The monoisotopic (exact) mass is 500 g/mol. The molecule has 0 aliphatic heterocycles. The van der Waals surface area contributed by atoms with Gasteiger partial charge in [0.05, 0.1) is 7.11 Å². The first kappa shape index (κ1) is 29.1. The third kappa shape index (κ3) is 9.81. The molecule has 0 aromatic heterocycles. The molecule has 7 heteroatoms. The smallest absolute Gasteiger partial charge is 0.162 e. The van der Waals surface area contributed by atoms with Crippen LogP contribution in [0.3, 0.4) is 0 Å². The predicted molar refractivity (Wildman–Crippen MR) is 150 cm³/mol. The van der Waals surface area contributed by atoms with Crippen molar-refractivity contribution >= 4 is 63.7 Å². The molecule has 0 radical (unpaired) electrons. The molecule has 0 saturated heterocycles. The van der Waals surface area contributed by atoms with Gasteiger partial charge in [-0.1, -0.05) is 79.6 Å². The Labute approximate surface area is 190 Å². The zero-order valence-electron chi connectivity index (χ0n) is 19.6. The van der Waals surface area contributed by atoms with E-state index in [0.717, 1.165) is 0 Å². The maximum Gasteiger partial charge on any atom is 0.162 e. The van der Waals surface area contributed by atoms with E-state index in [0.29, 0.717) is 0 Å². The summed E-state index contributed by atoms with van der Waals surface area (Å²) in [6, 6.07) is 0. The number of hydrogen-bond acceptors (Lipinski definition) is 4. The Morgan fingerprint density at radius 2 is 0.667 bits per heavy atom. The molecule has 0 nitrogen and oxygen atoms in total. The van der Waals surface area contributed by atoms with Crippen LogP contribution in [0.15, 0.2) is 0 Å². The van der Waals surface area contributed by atoms with Gasteiger partial charge in [0.15, 0.2) is 11.8 Å². The highest BCUT2D eigenvalue weighted by Crippen LogP contribution is 2.51. The summed E-state index contributed by atoms with van der Waals surface area (Å²) in [5.74, 6) is 3.03. The van der Waals surface area contributed by atoms with Crippen molar-refractivity contribution in [1.29, 1.82) is 0 Å². The fourth-order valence-corrected chi connectivity index (χ4v) is 87.7. The summed E-state index contributed by atoms with van der Waals surface area (Å²) >= 11 is 9.93. The maximum atomic E-state index is 2.83. The van der Waals surface area contributed by atoms with Gasteiger partial charge >= 0.3 is 0 Å². The van der Waals surface area contributed by atoms with Crippen molar-refractivity contribution < 1.29 is 0 Å². The summed E-state index contributed by atoms with van der Waals surface area (Å²) in [4.78, 5) is 0. The molecule has 0 saturated carbocycles. The molecular formula is C20H48S4Si3. The molecule has 0 rings (SSSR count). The molecule has 164 valence electrons. The Balaban J connectivity index is 5.53. The van der Waals surface area contributed by atoms with E-state index in [2.05, 4.69) is 98.7 Å². The molecule has 0 unspecified atom stereocenters. The van der Waals surface area contributed by atoms with Crippen LogP contribution in [-0.2, 0) is 0 Å². The highest BCUT2D eigenvalue weighted by atomic mass is 32.6. The van der Waals surface area contributed by atoms with E-state index in [4.69, 9.17) is 0 Å². The third-order valence-corrected chi connectivity index (χ3v) is 80.5. The SMILES string of the molecule is CCCCS[Si](C)(SCCCC)[Si](C)(C)[Si](C)(SCCCC)SCCCC. The summed E-state index contributed by atoms with van der Waals surface area (Å²) in [7, 11) is -1.28. The van der Waals surface area contributed by atoms with Gasteiger partial charge in [0.2, 0.25) is 0 Å². The molecule has 0 aromatic carbocycles. The van der Waals surface area contributed by atoms with E-state index >= 15 is 0 Å². The zero-order valence-corrected chi connectivity index (χ0v) is 25.9. The molecule has 0 amide bonds. The minimum Gasteiger partial charge on any atom is -0.176 e. The molecule has 0 bridgehead atoms. The van der Waals surface area contributed by atoms with E-state index in [1.165, 1.54) is 74.4 Å². The molecule has 27 heavy (non-hydrogen) atoms. The number of unbranched alkanes of at least 4 members (excludes halogenated alkanes) is 4. The van der Waals surface area contributed by atoms with Crippen LogP contribution in [0.5, 0.6) is 0 Å². The van der Waals surface area contributed by atoms with Crippen LogP contribution in [0, 0.1) is 0 Å². The van der Waals surface area contributed by atoms with Gasteiger partial charge in [-0.2, -0.15) is 44.8 Å². The van der Waals surface area contributed by atoms with Crippen LogP contribution in [0.1, 0.15) is 79.1 Å². The zero-order chi connectivity index (χ0) is 20.8. The van der Waals surface area contributed by atoms with E-state index in [1.807, 2.05) is 0 Å². The van der Waals surface area contributed by atoms with E-state index in [9.17, 15) is 0 Å². The van der Waals surface area contributed by atoms with Gasteiger partial charge in [0.1, 0.15) is 0 Å². The van der Waals surface area contributed by atoms with E-state index in [-0.39, 0.29) is 0 Å². The summed E-state index contributed by atoms with van der Waals surface area (Å²) in [5, 5.41) is 0. The summed E-state index contributed by atoms with van der Waals surface area (Å²) < 4.78 is 0. The average molecular weight is 501 g/mol. The summed E-state index contributed by atoms with van der Waals surface area (Å²) in [5.41, 5.74) is 0. The van der Waals surface area contributed by atoms with Crippen molar-refractivity contribution in [3.63, 3.8) is 0 Å². The lowest BCUT2D eigenvalue weighted by atomic mass is 10.4. The van der Waals surface area contributed by atoms with Crippen LogP contribution in [-0.4, -0.2) is 41.9 Å². The first-order valence-electron chi connectivity index (χ1n) is 11.3. The first-order valence-corrected chi connectivity index (χ1v) is 28.1. The lowest BCUT2D eigenvalue weighted by Gasteiger charge is -2.49. The van der Waals surface area contributed by atoms with Gasteiger partial charge in [0.25, 0.3) is 0 Å². The van der Waals surface area contributed by atoms with Crippen molar-refractivity contribution in [1.82, 2.24) is 0 Å². The number of rotatable bonds is 18. The summed E-state index contributed by atoms with van der Waals surface area (Å²) in [6.07, 6.45) is 11.1. The molecule has 0 aliphatic carbocycles. The molecule has 0 fully saturated rings. The van der Waals surface area contributed by atoms with Crippen LogP contribution >= 0.6 is 44.8 Å². The van der Waals surface area contributed by atoms with Crippen LogP contribution in [0.2, 0.25) is 26.2 Å². The van der Waals surface area contributed by atoms with Crippen molar-refractivity contribution in [3.05, 3.63) is 0 Å². The average Bonchev–Trinajstić information content (AvgIpc) is 2.62. The topological polar surface area (TPSA) is 0 Å². The fraction of sp³-hybridized carbons (Fsp3) is 1.00. The molecule has 0 spiro atoms. The summed E-state index contributed by atoms with van der Waals surface area (Å²) in [6.45, 7) is 20.7. The Hall–Kier alpha value is 2.05. The predicted octanol–water partition coefficient (Wildman–Crippen LogP) is 9.13. The quantitative estimate of drug-likeness (QED) is 0.136. The van der Waals surface area contributed by atoms with Crippen molar-refractivity contribution in [2.75, 3.05) is 23.0 Å². The second-order valence-corrected chi connectivity index (χ2v) is 52.3. The van der Waals surface area contributed by atoms with Gasteiger partial charge in [-0.15, -0.1) is 0 Å². The normalized spacial score (nSPS) is 13.3. The van der Waals surface area contributed by atoms with Crippen molar-refractivity contribution in [3.8, 4) is 0 Å². The fourth-order valence-electron chi connectivity index (χ4n) is 2.86. The van der Waals surface area contributed by atoms with Gasteiger partial charge in [0, 0.05) is 0 Å². The van der Waals surface area contributed by atoms with Crippen molar-refractivity contribution in [2.45, 2.75) is 105 Å². The maximum absolute atomic E-state index is 2.83. The molecule has 0 aromatic rings. The molecule has 0 aliphatic rings. The van der Waals surface area contributed by atoms with Crippen LogP contribution in [0.4, 0.5) is 0 Å². The lowest BCUT2D eigenvalue weighted by molar-refractivity contribution is 0.897. The molecule has 0 heterocycles. The van der Waals surface area contributed by atoms with Gasteiger partial charge < -0.3 is 0 Å². The van der Waals surface area contributed by atoms with E-state index in [1.54, 1.807) is 0 Å². The first-order chi connectivity index (χ1) is 12.7. The van der Waals surface area contributed by atoms with Crippen LogP contribution < -0.4 is 0 Å². The van der Waals surface area contributed by atoms with Gasteiger partial charge in [-0.3, -0.25) is 0 Å². The second-order valence-electron chi connectivity index (χ2n) is 8.32. The molecule has 0 atom stereocenters. The van der Waals surface area contributed by atoms with Crippen molar-refractivity contribution in [2.24, 2.45) is 0 Å².